The molecule has 2 fully saturated rings. The Morgan fingerprint density at radius 3 is 2.61 bits per heavy atom. The van der Waals surface area contributed by atoms with Gasteiger partial charge >= 0.3 is 5.97 Å². The normalized spacial score (nSPS) is 38.5. The Labute approximate surface area is 109 Å². The maximum absolute atomic E-state index is 12.3. The van der Waals surface area contributed by atoms with Crippen LogP contribution in [0.25, 0.3) is 0 Å². The summed E-state index contributed by atoms with van der Waals surface area (Å²) in [4.78, 5) is 24.6. The Kier molecular flexibility index (Phi) is 3.52. The number of carbonyl (C=O) groups excluding carboxylic acids is 2. The van der Waals surface area contributed by atoms with Crippen LogP contribution in [-0.4, -0.2) is 18.4 Å². The molecule has 2 saturated carbocycles. The molecule has 3 heteroatoms. The van der Waals surface area contributed by atoms with Gasteiger partial charge in [0.25, 0.3) is 0 Å². The number of rotatable bonds is 4. The molecule has 0 N–H and O–H groups in total. The van der Waals surface area contributed by atoms with E-state index in [4.69, 9.17) is 4.74 Å². The predicted molar refractivity (Wildman–Crippen MR) is 68.9 cm³/mol. The summed E-state index contributed by atoms with van der Waals surface area (Å²) in [7, 11) is 0. The third-order valence-corrected chi connectivity index (χ3v) is 4.97. The van der Waals surface area contributed by atoms with E-state index in [1.54, 1.807) is 6.92 Å². The van der Waals surface area contributed by atoms with Crippen LogP contribution in [0.3, 0.4) is 0 Å². The molecule has 0 saturated heterocycles. The van der Waals surface area contributed by atoms with E-state index in [9.17, 15) is 9.59 Å². The highest BCUT2D eigenvalue weighted by atomic mass is 16.5. The third-order valence-electron chi connectivity index (χ3n) is 4.97. The van der Waals surface area contributed by atoms with E-state index in [-0.39, 0.29) is 23.6 Å². The summed E-state index contributed by atoms with van der Waals surface area (Å²) in [5.41, 5.74) is -0.766. The second-order valence-corrected chi connectivity index (χ2v) is 6.00. The molecule has 0 aromatic heterocycles. The van der Waals surface area contributed by atoms with Crippen molar-refractivity contribution >= 4 is 11.8 Å². The van der Waals surface area contributed by atoms with Crippen molar-refractivity contribution in [2.75, 3.05) is 6.61 Å². The number of Topliss-reactive ketones (excluding diaryl/α,β-unsaturated/α-hetero) is 1. The van der Waals surface area contributed by atoms with Crippen molar-refractivity contribution in [1.82, 2.24) is 0 Å². The van der Waals surface area contributed by atoms with Gasteiger partial charge in [0.1, 0.15) is 5.41 Å². The van der Waals surface area contributed by atoms with Crippen LogP contribution in [0.4, 0.5) is 0 Å². The van der Waals surface area contributed by atoms with Gasteiger partial charge in [-0.2, -0.15) is 0 Å². The Morgan fingerprint density at radius 2 is 2.11 bits per heavy atom. The molecule has 0 radical (unpaired) electrons. The second-order valence-electron chi connectivity index (χ2n) is 6.00. The van der Waals surface area contributed by atoms with Gasteiger partial charge in [-0.1, -0.05) is 27.2 Å². The molecule has 0 heterocycles. The summed E-state index contributed by atoms with van der Waals surface area (Å²) in [6.45, 7) is 8.64. The minimum absolute atomic E-state index is 0.134. The minimum Gasteiger partial charge on any atom is -0.465 e. The van der Waals surface area contributed by atoms with Gasteiger partial charge in [0.15, 0.2) is 5.78 Å². The quantitative estimate of drug-likeness (QED) is 0.571. The lowest BCUT2D eigenvalue weighted by molar-refractivity contribution is -0.156. The van der Waals surface area contributed by atoms with Gasteiger partial charge in [0.2, 0.25) is 0 Å². The molecule has 0 aromatic rings. The number of hydrogen-bond donors (Lipinski definition) is 0. The number of carbonyl (C=O) groups is 2. The van der Waals surface area contributed by atoms with Crippen LogP contribution in [0.15, 0.2) is 0 Å². The molecule has 2 aliphatic rings. The molecule has 0 amide bonds. The van der Waals surface area contributed by atoms with E-state index in [2.05, 4.69) is 20.8 Å². The second kappa shape index (κ2) is 4.67. The number of ketones is 1. The highest BCUT2D eigenvalue weighted by Crippen LogP contribution is 2.69. The van der Waals surface area contributed by atoms with E-state index in [0.717, 1.165) is 12.8 Å². The SMILES string of the molecule is CCOC(=O)C12C(=O)CCC(C(C)C)C1C2CC. The van der Waals surface area contributed by atoms with Crippen molar-refractivity contribution < 1.29 is 14.3 Å². The zero-order valence-corrected chi connectivity index (χ0v) is 11.9. The van der Waals surface area contributed by atoms with Crippen LogP contribution in [0.5, 0.6) is 0 Å². The smallest absolute Gasteiger partial charge is 0.320 e. The van der Waals surface area contributed by atoms with E-state index < -0.39 is 5.41 Å². The van der Waals surface area contributed by atoms with Crippen molar-refractivity contribution in [1.29, 1.82) is 0 Å². The van der Waals surface area contributed by atoms with Gasteiger partial charge in [-0.25, -0.2) is 0 Å². The van der Waals surface area contributed by atoms with E-state index in [1.807, 2.05) is 0 Å². The Hall–Kier alpha value is -0.860. The molecular formula is C15H24O3. The molecule has 0 bridgehead atoms. The number of ether oxygens (including phenoxy) is 1. The van der Waals surface area contributed by atoms with Crippen LogP contribution in [0, 0.1) is 29.1 Å². The molecule has 0 aliphatic heterocycles. The lowest BCUT2D eigenvalue weighted by Crippen LogP contribution is -2.37. The topological polar surface area (TPSA) is 43.4 Å². The van der Waals surface area contributed by atoms with Crippen molar-refractivity contribution in [3.05, 3.63) is 0 Å². The van der Waals surface area contributed by atoms with Crippen molar-refractivity contribution in [3.8, 4) is 0 Å². The first-order chi connectivity index (χ1) is 8.51. The maximum Gasteiger partial charge on any atom is 0.320 e. The maximum atomic E-state index is 12.3. The fourth-order valence-electron chi connectivity index (χ4n) is 4.18. The van der Waals surface area contributed by atoms with Crippen molar-refractivity contribution in [2.24, 2.45) is 29.1 Å². The molecule has 4 unspecified atom stereocenters. The van der Waals surface area contributed by atoms with Gasteiger partial charge in [-0.3, -0.25) is 9.59 Å². The van der Waals surface area contributed by atoms with Gasteiger partial charge in [0.05, 0.1) is 6.61 Å². The number of esters is 1. The number of hydrogen-bond acceptors (Lipinski definition) is 3. The molecule has 3 nitrogen and oxygen atoms in total. The number of fused-ring (bicyclic) bond motifs is 1. The lowest BCUT2D eigenvalue weighted by Gasteiger charge is -2.28. The summed E-state index contributed by atoms with van der Waals surface area (Å²) in [6, 6.07) is 0. The third kappa shape index (κ3) is 1.63. The van der Waals surface area contributed by atoms with E-state index >= 15 is 0 Å². The fourth-order valence-corrected chi connectivity index (χ4v) is 4.18. The molecule has 18 heavy (non-hydrogen) atoms. The summed E-state index contributed by atoms with van der Waals surface area (Å²) in [5.74, 6) is 1.37. The predicted octanol–water partition coefficient (Wildman–Crippen LogP) is 2.83. The molecule has 0 spiro atoms. The van der Waals surface area contributed by atoms with Gasteiger partial charge in [0, 0.05) is 6.42 Å². The summed E-state index contributed by atoms with van der Waals surface area (Å²) < 4.78 is 5.20. The highest BCUT2D eigenvalue weighted by Gasteiger charge is 2.76. The zero-order valence-electron chi connectivity index (χ0n) is 11.9. The van der Waals surface area contributed by atoms with Crippen LogP contribution >= 0.6 is 0 Å². The van der Waals surface area contributed by atoms with Crippen LogP contribution in [0.1, 0.15) is 47.0 Å². The summed E-state index contributed by atoms with van der Waals surface area (Å²) >= 11 is 0. The van der Waals surface area contributed by atoms with Gasteiger partial charge < -0.3 is 4.74 Å². The fraction of sp³-hybridized carbons (Fsp3) is 0.867. The van der Waals surface area contributed by atoms with Gasteiger partial charge in [-0.05, 0) is 37.0 Å². The Bertz CT molecular complexity index is 361. The summed E-state index contributed by atoms with van der Waals surface area (Å²) in [5, 5.41) is 0. The standard InChI is InChI=1S/C15H24O3/c1-5-11-13-10(9(3)4)7-8-12(16)15(11,13)14(17)18-6-2/h9-11,13H,5-8H2,1-4H3. The van der Waals surface area contributed by atoms with Crippen LogP contribution in [0.2, 0.25) is 0 Å². The molecule has 102 valence electrons. The Balaban J connectivity index is 2.30. The average molecular weight is 252 g/mol. The van der Waals surface area contributed by atoms with Crippen molar-refractivity contribution in [3.63, 3.8) is 0 Å². The lowest BCUT2D eigenvalue weighted by atomic mass is 9.75. The summed E-state index contributed by atoms with van der Waals surface area (Å²) in [6.07, 6.45) is 2.39. The molecule has 4 atom stereocenters. The minimum atomic E-state index is -0.766. The molecule has 0 aromatic carbocycles. The molecule has 2 rings (SSSR count). The first-order valence-electron chi connectivity index (χ1n) is 7.22. The highest BCUT2D eigenvalue weighted by molar-refractivity contribution is 6.08. The van der Waals surface area contributed by atoms with Crippen molar-refractivity contribution in [2.45, 2.75) is 47.0 Å². The largest absolute Gasteiger partial charge is 0.465 e. The Morgan fingerprint density at radius 1 is 1.44 bits per heavy atom. The van der Waals surface area contributed by atoms with Gasteiger partial charge in [-0.15, -0.1) is 0 Å². The van der Waals surface area contributed by atoms with Crippen LogP contribution < -0.4 is 0 Å². The van der Waals surface area contributed by atoms with E-state index in [0.29, 0.717) is 24.9 Å². The van der Waals surface area contributed by atoms with E-state index in [1.165, 1.54) is 0 Å². The van der Waals surface area contributed by atoms with Crippen LogP contribution in [-0.2, 0) is 14.3 Å². The monoisotopic (exact) mass is 252 g/mol. The first-order valence-corrected chi connectivity index (χ1v) is 7.22. The first kappa shape index (κ1) is 13.6. The average Bonchev–Trinajstić information content (AvgIpc) is 3.00. The zero-order chi connectivity index (χ0) is 13.5. The molecular weight excluding hydrogens is 228 g/mol. The molecule has 2 aliphatic carbocycles.